The molecule has 0 aliphatic carbocycles. The van der Waals surface area contributed by atoms with E-state index in [1.54, 1.807) is 27.4 Å². The molecule has 0 saturated carbocycles. The molecule has 0 aliphatic rings. The molecule has 17 heavy (non-hydrogen) atoms. The van der Waals surface area contributed by atoms with E-state index in [1.807, 2.05) is 6.07 Å². The molecule has 1 rings (SSSR count). The van der Waals surface area contributed by atoms with Crippen LogP contribution in [0.25, 0.3) is 0 Å². The fourth-order valence-corrected chi connectivity index (χ4v) is 1.66. The Morgan fingerprint density at radius 2 is 1.59 bits per heavy atom. The molecule has 0 atom stereocenters. The van der Waals surface area contributed by atoms with Gasteiger partial charge in [-0.25, -0.2) is 0 Å². The topological polar surface area (TPSA) is 44.8 Å². The molecule has 1 aromatic rings. The number of hydrogen-bond donors (Lipinski definition) is 0. The zero-order valence-corrected chi connectivity index (χ0v) is 10.5. The lowest BCUT2D eigenvalue weighted by molar-refractivity contribution is -0.107. The Bertz CT molecular complexity index is 374. The van der Waals surface area contributed by atoms with Crippen molar-refractivity contribution in [2.45, 2.75) is 19.3 Å². The molecule has 0 spiro atoms. The molecule has 0 bridgehead atoms. The summed E-state index contributed by atoms with van der Waals surface area (Å²) in [4.78, 5) is 10.3. The number of methoxy groups -OCH3 is 3. The van der Waals surface area contributed by atoms with E-state index in [9.17, 15) is 4.79 Å². The minimum Gasteiger partial charge on any atom is -0.496 e. The molecular weight excluding hydrogens is 220 g/mol. The number of rotatable bonds is 7. The van der Waals surface area contributed by atoms with Gasteiger partial charge < -0.3 is 19.0 Å². The monoisotopic (exact) mass is 238 g/mol. The van der Waals surface area contributed by atoms with Crippen LogP contribution in [0.3, 0.4) is 0 Å². The SMILES string of the molecule is COc1cc(OC)c(OC)cc1CCCC=O. The maximum Gasteiger partial charge on any atom is 0.164 e. The van der Waals surface area contributed by atoms with E-state index in [0.29, 0.717) is 17.9 Å². The van der Waals surface area contributed by atoms with Crippen LogP contribution in [0, 0.1) is 0 Å². The van der Waals surface area contributed by atoms with Crippen LogP contribution in [0.2, 0.25) is 0 Å². The lowest BCUT2D eigenvalue weighted by Crippen LogP contribution is -1.97. The summed E-state index contributed by atoms with van der Waals surface area (Å²) in [6, 6.07) is 3.69. The molecule has 94 valence electrons. The largest absolute Gasteiger partial charge is 0.496 e. The van der Waals surface area contributed by atoms with Gasteiger partial charge in [0.15, 0.2) is 11.5 Å². The van der Waals surface area contributed by atoms with Crippen LogP contribution >= 0.6 is 0 Å². The van der Waals surface area contributed by atoms with Crippen molar-refractivity contribution in [3.05, 3.63) is 17.7 Å². The molecule has 0 amide bonds. The summed E-state index contributed by atoms with van der Waals surface area (Å²) in [5, 5.41) is 0. The molecule has 0 saturated heterocycles. The van der Waals surface area contributed by atoms with Crippen LogP contribution in [0.1, 0.15) is 18.4 Å². The third kappa shape index (κ3) is 3.37. The normalized spacial score (nSPS) is 9.82. The average molecular weight is 238 g/mol. The van der Waals surface area contributed by atoms with Crippen molar-refractivity contribution in [3.63, 3.8) is 0 Å². The van der Waals surface area contributed by atoms with Crippen LogP contribution in [-0.2, 0) is 11.2 Å². The van der Waals surface area contributed by atoms with E-state index in [1.165, 1.54) is 0 Å². The van der Waals surface area contributed by atoms with Crippen LogP contribution < -0.4 is 14.2 Å². The second-order valence-corrected chi connectivity index (χ2v) is 3.58. The molecule has 0 unspecified atom stereocenters. The van der Waals surface area contributed by atoms with Gasteiger partial charge in [-0.2, -0.15) is 0 Å². The average Bonchev–Trinajstić information content (AvgIpc) is 2.38. The first kappa shape index (κ1) is 13.4. The smallest absolute Gasteiger partial charge is 0.164 e. The first-order valence-electron chi connectivity index (χ1n) is 5.49. The summed E-state index contributed by atoms with van der Waals surface area (Å²) in [6.07, 6.45) is 3.06. The Hall–Kier alpha value is -1.71. The van der Waals surface area contributed by atoms with Gasteiger partial charge in [0.05, 0.1) is 21.3 Å². The molecular formula is C13H18O4. The molecule has 0 fully saturated rings. The van der Waals surface area contributed by atoms with E-state index in [2.05, 4.69) is 0 Å². The van der Waals surface area contributed by atoms with E-state index < -0.39 is 0 Å². The van der Waals surface area contributed by atoms with E-state index in [4.69, 9.17) is 14.2 Å². The lowest BCUT2D eigenvalue weighted by Gasteiger charge is -2.13. The summed E-state index contributed by atoms with van der Waals surface area (Å²) in [6.45, 7) is 0. The van der Waals surface area contributed by atoms with Gasteiger partial charge in [-0.15, -0.1) is 0 Å². The molecule has 4 heteroatoms. The zero-order valence-electron chi connectivity index (χ0n) is 10.5. The number of hydrogen-bond acceptors (Lipinski definition) is 4. The number of aldehydes is 1. The van der Waals surface area contributed by atoms with E-state index >= 15 is 0 Å². The summed E-state index contributed by atoms with van der Waals surface area (Å²) < 4.78 is 15.7. The summed E-state index contributed by atoms with van der Waals surface area (Å²) in [5.74, 6) is 2.08. The third-order valence-electron chi connectivity index (χ3n) is 2.55. The number of benzene rings is 1. The number of ether oxygens (including phenoxy) is 3. The molecule has 0 heterocycles. The summed E-state index contributed by atoms with van der Waals surface area (Å²) in [7, 11) is 4.80. The van der Waals surface area contributed by atoms with Gasteiger partial charge in [-0.05, 0) is 24.5 Å². The fraction of sp³-hybridized carbons (Fsp3) is 0.462. The van der Waals surface area contributed by atoms with E-state index in [-0.39, 0.29) is 0 Å². The highest BCUT2D eigenvalue weighted by atomic mass is 16.5. The van der Waals surface area contributed by atoms with Crippen molar-refractivity contribution >= 4 is 6.29 Å². The highest BCUT2D eigenvalue weighted by molar-refractivity contribution is 5.52. The number of carbonyl (C=O) groups excluding carboxylic acids is 1. The first-order chi connectivity index (χ1) is 8.26. The Kier molecular flexibility index (Phi) is 5.33. The lowest BCUT2D eigenvalue weighted by atomic mass is 10.1. The first-order valence-corrected chi connectivity index (χ1v) is 5.49. The van der Waals surface area contributed by atoms with Gasteiger partial charge >= 0.3 is 0 Å². The van der Waals surface area contributed by atoms with Gasteiger partial charge in [-0.3, -0.25) is 0 Å². The number of aryl methyl sites for hydroxylation is 1. The van der Waals surface area contributed by atoms with Gasteiger partial charge in [0.25, 0.3) is 0 Å². The highest BCUT2D eigenvalue weighted by Gasteiger charge is 2.11. The molecule has 0 aromatic heterocycles. The van der Waals surface area contributed by atoms with Gasteiger partial charge in [0.1, 0.15) is 12.0 Å². The molecule has 0 aliphatic heterocycles. The van der Waals surface area contributed by atoms with Crippen LogP contribution in [0.5, 0.6) is 17.2 Å². The van der Waals surface area contributed by atoms with Crippen LogP contribution in [-0.4, -0.2) is 27.6 Å². The maximum absolute atomic E-state index is 10.3. The van der Waals surface area contributed by atoms with Crippen LogP contribution in [0.4, 0.5) is 0 Å². The Balaban J connectivity index is 2.97. The van der Waals surface area contributed by atoms with Crippen molar-refractivity contribution in [2.75, 3.05) is 21.3 Å². The minimum atomic E-state index is 0.553. The third-order valence-corrected chi connectivity index (χ3v) is 2.55. The van der Waals surface area contributed by atoms with Crippen molar-refractivity contribution < 1.29 is 19.0 Å². The standard InChI is InChI=1S/C13H18O4/c1-15-11-9-13(17-3)12(16-2)8-10(11)6-4-5-7-14/h7-9H,4-6H2,1-3H3. The minimum absolute atomic E-state index is 0.553. The maximum atomic E-state index is 10.3. The van der Waals surface area contributed by atoms with E-state index in [0.717, 1.165) is 30.4 Å². The van der Waals surface area contributed by atoms with Gasteiger partial charge in [0.2, 0.25) is 0 Å². The second kappa shape index (κ2) is 6.78. The van der Waals surface area contributed by atoms with Crippen molar-refractivity contribution in [3.8, 4) is 17.2 Å². The zero-order chi connectivity index (χ0) is 12.7. The number of unbranched alkanes of at least 4 members (excludes halogenated alkanes) is 1. The Morgan fingerprint density at radius 3 is 2.12 bits per heavy atom. The summed E-state index contributed by atoms with van der Waals surface area (Å²) in [5.41, 5.74) is 1.02. The molecule has 4 nitrogen and oxygen atoms in total. The molecule has 1 aromatic carbocycles. The Morgan fingerprint density at radius 1 is 1.00 bits per heavy atom. The Labute approximate surface area is 101 Å². The van der Waals surface area contributed by atoms with Crippen LogP contribution in [0.15, 0.2) is 12.1 Å². The highest BCUT2D eigenvalue weighted by Crippen LogP contribution is 2.35. The van der Waals surface area contributed by atoms with Gasteiger partial charge in [-0.1, -0.05) is 0 Å². The van der Waals surface area contributed by atoms with Crippen molar-refractivity contribution in [2.24, 2.45) is 0 Å². The van der Waals surface area contributed by atoms with Gasteiger partial charge in [0, 0.05) is 12.5 Å². The van der Waals surface area contributed by atoms with Crippen molar-refractivity contribution in [1.82, 2.24) is 0 Å². The number of carbonyl (C=O) groups is 1. The quantitative estimate of drug-likeness (QED) is 0.540. The predicted octanol–water partition coefficient (Wildman–Crippen LogP) is 2.23. The van der Waals surface area contributed by atoms with Crippen molar-refractivity contribution in [1.29, 1.82) is 0 Å². The second-order valence-electron chi connectivity index (χ2n) is 3.58. The molecule has 0 radical (unpaired) electrons. The fourth-order valence-electron chi connectivity index (χ4n) is 1.66. The predicted molar refractivity (Wildman–Crippen MR) is 65.1 cm³/mol. The summed E-state index contributed by atoms with van der Waals surface area (Å²) >= 11 is 0. The molecule has 0 N–H and O–H groups in total.